The van der Waals surface area contributed by atoms with Crippen molar-refractivity contribution in [3.8, 4) is 0 Å². The molecule has 6 nitrogen and oxygen atoms in total. The Bertz CT molecular complexity index is 613. The van der Waals surface area contributed by atoms with E-state index in [-0.39, 0.29) is 24.6 Å². The first-order valence-electron chi connectivity index (χ1n) is 6.52. The zero-order valence-corrected chi connectivity index (χ0v) is 12.2. The molecule has 0 spiro atoms. The molecule has 0 unspecified atom stereocenters. The summed E-state index contributed by atoms with van der Waals surface area (Å²) in [6.07, 6.45) is 0.796. The smallest absolute Gasteiger partial charge is 0.225 e. The molecule has 1 aromatic carbocycles. The van der Waals surface area contributed by atoms with Gasteiger partial charge in [-0.1, -0.05) is 0 Å². The quantitative estimate of drug-likeness (QED) is 0.809. The second kappa shape index (κ2) is 5.80. The van der Waals surface area contributed by atoms with Gasteiger partial charge in [0.1, 0.15) is 0 Å². The lowest BCUT2D eigenvalue weighted by Gasteiger charge is -2.14. The second-order valence-corrected chi connectivity index (χ2v) is 7.03. The second-order valence-electron chi connectivity index (χ2n) is 4.94. The molecule has 20 heavy (non-hydrogen) atoms. The van der Waals surface area contributed by atoms with Gasteiger partial charge in [-0.15, -0.1) is 0 Å². The van der Waals surface area contributed by atoms with Crippen LogP contribution in [0, 0.1) is 6.92 Å². The van der Waals surface area contributed by atoms with Crippen molar-refractivity contribution in [2.75, 3.05) is 29.9 Å². The third-order valence-electron chi connectivity index (χ3n) is 3.32. The molecule has 2 rings (SSSR count). The Kier molecular flexibility index (Phi) is 4.29. The highest BCUT2D eigenvalue weighted by Gasteiger charge is 2.28. The zero-order chi connectivity index (χ0) is 14.8. The molecule has 1 aliphatic rings. The van der Waals surface area contributed by atoms with Crippen LogP contribution in [0.25, 0.3) is 0 Å². The van der Waals surface area contributed by atoms with E-state index in [9.17, 15) is 13.2 Å². The molecule has 110 valence electrons. The first-order chi connectivity index (χ1) is 9.38. The molecule has 1 saturated heterocycles. The van der Waals surface area contributed by atoms with Crippen LogP contribution in [0.3, 0.4) is 0 Å². The number of aryl methyl sites for hydroxylation is 1. The van der Waals surface area contributed by atoms with Crippen molar-refractivity contribution in [3.05, 3.63) is 23.8 Å². The summed E-state index contributed by atoms with van der Waals surface area (Å²) in [5, 5.41) is 2.77. The number of nitrogens with zero attached hydrogens (tertiary/aromatic N) is 1. The van der Waals surface area contributed by atoms with E-state index < -0.39 is 10.0 Å². The molecule has 1 heterocycles. The van der Waals surface area contributed by atoms with Gasteiger partial charge >= 0.3 is 0 Å². The molecule has 0 aromatic heterocycles. The fourth-order valence-corrected chi connectivity index (χ4v) is 3.74. The van der Waals surface area contributed by atoms with E-state index in [2.05, 4.69) is 5.32 Å². The normalized spacial score (nSPS) is 18.1. The van der Waals surface area contributed by atoms with Crippen LogP contribution < -0.4 is 11.1 Å². The minimum atomic E-state index is -3.13. The fourth-order valence-electron chi connectivity index (χ4n) is 2.21. The van der Waals surface area contributed by atoms with Crippen molar-refractivity contribution in [3.63, 3.8) is 0 Å². The third-order valence-corrected chi connectivity index (χ3v) is 5.27. The maximum Gasteiger partial charge on any atom is 0.225 e. The summed E-state index contributed by atoms with van der Waals surface area (Å²) in [6, 6.07) is 5.24. The highest BCUT2D eigenvalue weighted by atomic mass is 32.2. The highest BCUT2D eigenvalue weighted by molar-refractivity contribution is 7.89. The van der Waals surface area contributed by atoms with Gasteiger partial charge in [0.15, 0.2) is 0 Å². The lowest BCUT2D eigenvalue weighted by atomic mass is 10.2. The molecule has 1 amide bonds. The molecule has 1 aliphatic heterocycles. The molecule has 0 atom stereocenters. The van der Waals surface area contributed by atoms with Crippen LogP contribution >= 0.6 is 0 Å². The number of benzene rings is 1. The molecular weight excluding hydrogens is 278 g/mol. The summed E-state index contributed by atoms with van der Waals surface area (Å²) in [7, 11) is -3.13. The maximum absolute atomic E-state index is 11.9. The van der Waals surface area contributed by atoms with Gasteiger partial charge in [-0.25, -0.2) is 12.7 Å². The number of sulfonamides is 1. The number of amides is 1. The standard InChI is InChI=1S/C13H19N3O3S/c1-10-9-11(14)3-4-12(10)15-13(17)5-7-16-6-2-8-20(16,18)19/h3-4,9H,2,5-8,14H2,1H3,(H,15,17). The molecule has 1 aromatic rings. The predicted octanol–water partition coefficient (Wildman–Crippen LogP) is 0.941. The minimum Gasteiger partial charge on any atom is -0.399 e. The number of hydrogen-bond donors (Lipinski definition) is 2. The van der Waals surface area contributed by atoms with E-state index >= 15 is 0 Å². The van der Waals surface area contributed by atoms with Crippen LogP contribution in [0.2, 0.25) is 0 Å². The SMILES string of the molecule is Cc1cc(N)ccc1NC(=O)CCN1CCCS1(=O)=O. The summed E-state index contributed by atoms with van der Waals surface area (Å²) >= 11 is 0. The molecular formula is C13H19N3O3S. The molecule has 0 radical (unpaired) electrons. The monoisotopic (exact) mass is 297 g/mol. The summed E-state index contributed by atoms with van der Waals surface area (Å²) in [4.78, 5) is 11.9. The number of anilines is 2. The Morgan fingerprint density at radius 2 is 2.20 bits per heavy atom. The van der Waals surface area contributed by atoms with Crippen molar-refractivity contribution < 1.29 is 13.2 Å². The first kappa shape index (κ1) is 14.8. The Morgan fingerprint density at radius 1 is 1.45 bits per heavy atom. The lowest BCUT2D eigenvalue weighted by Crippen LogP contribution is -2.29. The highest BCUT2D eigenvalue weighted by Crippen LogP contribution is 2.18. The topological polar surface area (TPSA) is 92.5 Å². The molecule has 7 heteroatoms. The van der Waals surface area contributed by atoms with Gasteiger partial charge in [0.05, 0.1) is 5.75 Å². The van der Waals surface area contributed by atoms with Gasteiger partial charge in [0.2, 0.25) is 15.9 Å². The van der Waals surface area contributed by atoms with Crippen molar-refractivity contribution in [1.82, 2.24) is 4.31 Å². The number of hydrogen-bond acceptors (Lipinski definition) is 4. The van der Waals surface area contributed by atoms with Crippen molar-refractivity contribution in [2.24, 2.45) is 0 Å². The van der Waals surface area contributed by atoms with Crippen molar-refractivity contribution in [2.45, 2.75) is 19.8 Å². The Labute approximate surface area is 119 Å². The van der Waals surface area contributed by atoms with Gasteiger partial charge < -0.3 is 11.1 Å². The van der Waals surface area contributed by atoms with Crippen LogP contribution in [-0.4, -0.2) is 37.5 Å². The Balaban J connectivity index is 1.90. The van der Waals surface area contributed by atoms with Crippen molar-refractivity contribution in [1.29, 1.82) is 0 Å². The van der Waals surface area contributed by atoms with E-state index in [1.807, 2.05) is 6.92 Å². The molecule has 1 fully saturated rings. The summed E-state index contributed by atoms with van der Waals surface area (Å²) in [6.45, 7) is 2.61. The van der Waals surface area contributed by atoms with Crippen molar-refractivity contribution >= 4 is 27.3 Å². The zero-order valence-electron chi connectivity index (χ0n) is 11.4. The number of carbonyl (C=O) groups excluding carboxylic acids is 1. The van der Waals surface area contributed by atoms with E-state index in [0.717, 1.165) is 5.56 Å². The van der Waals surface area contributed by atoms with Crippen LogP contribution in [0.5, 0.6) is 0 Å². The number of nitrogens with one attached hydrogen (secondary N) is 1. The Morgan fingerprint density at radius 3 is 2.80 bits per heavy atom. The van der Waals surface area contributed by atoms with Gasteiger partial charge in [-0.05, 0) is 37.1 Å². The molecule has 0 aliphatic carbocycles. The molecule has 3 N–H and O–H groups in total. The van der Waals surface area contributed by atoms with Crippen LogP contribution in [0.1, 0.15) is 18.4 Å². The fraction of sp³-hybridized carbons (Fsp3) is 0.462. The largest absolute Gasteiger partial charge is 0.399 e. The van der Waals surface area contributed by atoms with E-state index in [1.54, 1.807) is 18.2 Å². The van der Waals surface area contributed by atoms with E-state index in [4.69, 9.17) is 5.73 Å². The van der Waals surface area contributed by atoms with Gasteiger partial charge in [-0.2, -0.15) is 0 Å². The number of carbonyl (C=O) groups is 1. The number of nitrogens with two attached hydrogens (primary N) is 1. The molecule has 0 bridgehead atoms. The Hall–Kier alpha value is -1.60. The van der Waals surface area contributed by atoms with Gasteiger partial charge in [0.25, 0.3) is 0 Å². The third kappa shape index (κ3) is 3.49. The number of rotatable bonds is 4. The first-order valence-corrected chi connectivity index (χ1v) is 8.13. The maximum atomic E-state index is 11.9. The van der Waals surface area contributed by atoms with Crippen LogP contribution in [0.4, 0.5) is 11.4 Å². The van der Waals surface area contributed by atoms with Gasteiger partial charge in [-0.3, -0.25) is 4.79 Å². The predicted molar refractivity (Wildman–Crippen MR) is 78.8 cm³/mol. The summed E-state index contributed by atoms with van der Waals surface area (Å²) < 4.78 is 24.6. The summed E-state index contributed by atoms with van der Waals surface area (Å²) in [5.41, 5.74) is 7.87. The molecule has 0 saturated carbocycles. The minimum absolute atomic E-state index is 0.156. The average Bonchev–Trinajstić information content (AvgIpc) is 2.69. The number of nitrogen functional groups attached to an aromatic ring is 1. The van der Waals surface area contributed by atoms with E-state index in [0.29, 0.717) is 24.3 Å². The van der Waals surface area contributed by atoms with E-state index in [1.165, 1.54) is 4.31 Å². The average molecular weight is 297 g/mol. The van der Waals surface area contributed by atoms with Crippen LogP contribution in [0.15, 0.2) is 18.2 Å². The van der Waals surface area contributed by atoms with Crippen LogP contribution in [-0.2, 0) is 14.8 Å². The summed E-state index contributed by atoms with van der Waals surface area (Å²) in [5.74, 6) is -0.00827. The lowest BCUT2D eigenvalue weighted by molar-refractivity contribution is -0.116. The van der Waals surface area contributed by atoms with Gasteiger partial charge in [0, 0.05) is 30.9 Å².